The minimum absolute atomic E-state index is 0.105. The van der Waals surface area contributed by atoms with Crippen molar-refractivity contribution in [2.75, 3.05) is 7.05 Å². The third kappa shape index (κ3) is 4.36. The number of benzene rings is 3. The lowest BCUT2D eigenvalue weighted by molar-refractivity contribution is -0.129. The summed E-state index contributed by atoms with van der Waals surface area (Å²) in [6.07, 6.45) is 4.11. The van der Waals surface area contributed by atoms with Crippen LogP contribution in [0.1, 0.15) is 11.1 Å². The van der Waals surface area contributed by atoms with Gasteiger partial charge in [-0.05, 0) is 47.5 Å². The van der Waals surface area contributed by atoms with Gasteiger partial charge in [0.15, 0.2) is 16.4 Å². The van der Waals surface area contributed by atoms with Crippen LogP contribution in [-0.2, 0) is 20.5 Å². The average molecular weight is 554 g/mol. The summed E-state index contributed by atoms with van der Waals surface area (Å²) in [7, 11) is -3.45. The summed E-state index contributed by atoms with van der Waals surface area (Å²) in [5.41, 5.74) is 5.20. The van der Waals surface area contributed by atoms with Gasteiger partial charge < -0.3 is 9.92 Å². The van der Waals surface area contributed by atoms with E-state index < -0.39 is 43.9 Å². The van der Waals surface area contributed by atoms with Crippen LogP contribution in [0.2, 0.25) is 0 Å². The zero-order valence-corrected chi connectivity index (χ0v) is 20.9. The molecule has 1 amide bonds. The van der Waals surface area contributed by atoms with Crippen LogP contribution < -0.4 is 9.92 Å². The third-order valence-electron chi connectivity index (χ3n) is 6.14. The van der Waals surface area contributed by atoms with Crippen LogP contribution in [0.15, 0.2) is 89.3 Å². The lowest BCUT2D eigenvalue weighted by Crippen LogP contribution is -2.41. The van der Waals surface area contributed by atoms with Gasteiger partial charge in [-0.1, -0.05) is 24.3 Å². The highest BCUT2D eigenvalue weighted by atomic mass is 32.2. The lowest BCUT2D eigenvalue weighted by Gasteiger charge is -2.27. The molecule has 2 heterocycles. The molecule has 0 radical (unpaired) electrons. The maximum atomic E-state index is 14.8. The molecule has 1 atom stereocenters. The Balaban J connectivity index is 1.58. The smallest absolute Gasteiger partial charge is 0.345 e. The molecule has 2 N–H and O–H groups in total. The zero-order valence-electron chi connectivity index (χ0n) is 20.0. The van der Waals surface area contributed by atoms with Gasteiger partial charge in [-0.2, -0.15) is 8.42 Å². The number of amides is 1. The molecule has 0 spiro atoms. The molecule has 13 heteroatoms. The first-order valence-corrected chi connectivity index (χ1v) is 12.6. The van der Waals surface area contributed by atoms with Crippen LogP contribution in [0.5, 0.6) is 5.75 Å². The molecule has 9 nitrogen and oxygen atoms in total. The first-order chi connectivity index (χ1) is 18.5. The minimum Gasteiger partial charge on any atom is -0.379 e. The second-order valence-electron chi connectivity index (χ2n) is 8.48. The summed E-state index contributed by atoms with van der Waals surface area (Å²) in [6.45, 7) is 0. The molecule has 1 aliphatic heterocycles. The highest BCUT2D eigenvalue weighted by Gasteiger charge is 2.49. The molecule has 198 valence electrons. The van der Waals surface area contributed by atoms with Gasteiger partial charge in [-0.3, -0.25) is 9.69 Å². The summed E-state index contributed by atoms with van der Waals surface area (Å²) >= 11 is 0. The van der Waals surface area contributed by atoms with Crippen molar-refractivity contribution in [3.63, 3.8) is 0 Å². The van der Waals surface area contributed by atoms with E-state index in [0.717, 1.165) is 23.1 Å². The number of nitrogens with two attached hydrogens (primary N) is 1. The second kappa shape index (κ2) is 9.51. The molecule has 1 unspecified atom stereocenters. The van der Waals surface area contributed by atoms with Crippen molar-refractivity contribution in [2.24, 2.45) is 10.7 Å². The Labute approximate surface area is 220 Å². The molecule has 1 aromatic heterocycles. The van der Waals surface area contributed by atoms with Crippen molar-refractivity contribution in [1.29, 1.82) is 0 Å². The standard InChI is InChI=1S/C26H18F3N5O4S/c1-34-24(35)26(33-25(34)30,17-7-10-20(27)19(11-17)15-12-31-14-32-13-15)16-5-8-18(9-6-16)38-39(36,37)23-21(28)3-2-4-22(23)29/h2-14H,1H3,(H2,30,33). The van der Waals surface area contributed by atoms with Crippen molar-refractivity contribution >= 4 is 22.0 Å². The zero-order chi connectivity index (χ0) is 27.9. The third-order valence-corrected chi connectivity index (χ3v) is 7.44. The van der Waals surface area contributed by atoms with Crippen molar-refractivity contribution < 1.29 is 30.6 Å². The van der Waals surface area contributed by atoms with Crippen LogP contribution in [0.25, 0.3) is 11.1 Å². The Morgan fingerprint density at radius 2 is 1.51 bits per heavy atom. The van der Waals surface area contributed by atoms with Crippen molar-refractivity contribution in [3.05, 3.63) is 108 Å². The van der Waals surface area contributed by atoms with Crippen LogP contribution in [0.3, 0.4) is 0 Å². The molecule has 4 aromatic rings. The van der Waals surface area contributed by atoms with Gasteiger partial charge in [0.2, 0.25) is 0 Å². The highest BCUT2D eigenvalue weighted by Crippen LogP contribution is 2.41. The predicted molar refractivity (Wildman–Crippen MR) is 133 cm³/mol. The number of aliphatic imine (C=N–C) groups is 1. The largest absolute Gasteiger partial charge is 0.379 e. The van der Waals surface area contributed by atoms with E-state index in [1.165, 1.54) is 68.2 Å². The monoisotopic (exact) mass is 553 g/mol. The average Bonchev–Trinajstić information content (AvgIpc) is 3.14. The van der Waals surface area contributed by atoms with Crippen molar-refractivity contribution in [1.82, 2.24) is 14.9 Å². The fourth-order valence-electron chi connectivity index (χ4n) is 4.24. The Morgan fingerprint density at radius 3 is 2.10 bits per heavy atom. The summed E-state index contributed by atoms with van der Waals surface area (Å²) in [5, 5.41) is 0. The number of carbonyl (C=O) groups is 1. The second-order valence-corrected chi connectivity index (χ2v) is 9.96. The Kier molecular flexibility index (Phi) is 6.30. The van der Waals surface area contributed by atoms with E-state index in [1.807, 2.05) is 0 Å². The molecule has 5 rings (SSSR count). The fraction of sp³-hybridized carbons (Fsp3) is 0.0769. The summed E-state index contributed by atoms with van der Waals surface area (Å²) < 4.78 is 73.0. The van der Waals surface area contributed by atoms with Gasteiger partial charge in [0.05, 0.1) is 0 Å². The van der Waals surface area contributed by atoms with Crippen molar-refractivity contribution in [2.45, 2.75) is 10.4 Å². The summed E-state index contributed by atoms with van der Waals surface area (Å²) in [6, 6.07) is 11.7. The number of rotatable bonds is 6. The van der Waals surface area contributed by atoms with Gasteiger partial charge in [0.25, 0.3) is 5.91 Å². The van der Waals surface area contributed by atoms with Crippen LogP contribution in [0.4, 0.5) is 13.2 Å². The fourth-order valence-corrected chi connectivity index (χ4v) is 5.30. The number of likely N-dealkylation sites (N-methyl/N-ethyl adjacent to an activating group) is 1. The number of hydrogen-bond donors (Lipinski definition) is 1. The van der Waals surface area contributed by atoms with Gasteiger partial charge in [0, 0.05) is 30.6 Å². The predicted octanol–water partition coefficient (Wildman–Crippen LogP) is 3.36. The Bertz CT molecular complexity index is 1710. The molecule has 0 saturated carbocycles. The Morgan fingerprint density at radius 1 is 0.897 bits per heavy atom. The number of carbonyl (C=O) groups excluding carboxylic acids is 1. The van der Waals surface area contributed by atoms with Crippen molar-refractivity contribution in [3.8, 4) is 16.9 Å². The topological polar surface area (TPSA) is 128 Å². The highest BCUT2D eigenvalue weighted by molar-refractivity contribution is 7.87. The molecule has 0 aliphatic carbocycles. The van der Waals surface area contributed by atoms with Gasteiger partial charge in [-0.15, -0.1) is 0 Å². The maximum absolute atomic E-state index is 14.8. The first-order valence-electron chi connectivity index (χ1n) is 11.2. The maximum Gasteiger partial charge on any atom is 0.345 e. The molecule has 39 heavy (non-hydrogen) atoms. The van der Waals surface area contributed by atoms with Gasteiger partial charge in [0.1, 0.15) is 29.5 Å². The Hall–Kier alpha value is -4.78. The number of aromatic nitrogens is 2. The summed E-state index contributed by atoms with van der Waals surface area (Å²) in [5.74, 6) is -4.16. The van der Waals surface area contributed by atoms with Crippen LogP contribution >= 0.6 is 0 Å². The van der Waals surface area contributed by atoms with Crippen LogP contribution in [-0.4, -0.2) is 42.2 Å². The van der Waals surface area contributed by atoms with E-state index in [9.17, 15) is 26.4 Å². The molecule has 0 fully saturated rings. The van der Waals surface area contributed by atoms with E-state index in [1.54, 1.807) is 0 Å². The molecular weight excluding hydrogens is 535 g/mol. The van der Waals surface area contributed by atoms with E-state index in [2.05, 4.69) is 15.0 Å². The van der Waals surface area contributed by atoms with E-state index >= 15 is 0 Å². The number of guanidine groups is 1. The quantitative estimate of drug-likeness (QED) is 0.363. The van der Waals surface area contributed by atoms with E-state index in [0.29, 0.717) is 5.56 Å². The number of hydrogen-bond acceptors (Lipinski definition) is 8. The van der Waals surface area contributed by atoms with Gasteiger partial charge >= 0.3 is 10.1 Å². The van der Waals surface area contributed by atoms with E-state index in [4.69, 9.17) is 9.92 Å². The normalized spacial score (nSPS) is 17.3. The molecule has 1 aliphatic rings. The number of halogens is 3. The van der Waals surface area contributed by atoms with Crippen LogP contribution in [0, 0.1) is 17.5 Å². The SMILES string of the molecule is CN1C(=O)C(c2ccc(OS(=O)(=O)c3c(F)cccc3F)cc2)(c2ccc(F)c(-c3cncnc3)c2)N=C1N. The first kappa shape index (κ1) is 25.9. The lowest BCUT2D eigenvalue weighted by atomic mass is 9.81. The van der Waals surface area contributed by atoms with E-state index in [-0.39, 0.29) is 28.4 Å². The molecular formula is C26H18F3N5O4S. The summed E-state index contributed by atoms with van der Waals surface area (Å²) in [4.78, 5) is 25.7. The van der Waals surface area contributed by atoms with Gasteiger partial charge in [-0.25, -0.2) is 28.1 Å². The minimum atomic E-state index is -4.87. The number of nitrogens with zero attached hydrogens (tertiary/aromatic N) is 4. The molecule has 0 bridgehead atoms. The molecule has 3 aromatic carbocycles. The molecule has 0 saturated heterocycles.